The van der Waals surface area contributed by atoms with E-state index in [1.807, 2.05) is 0 Å². The van der Waals surface area contributed by atoms with Crippen molar-refractivity contribution in [3.05, 3.63) is 0 Å². The summed E-state index contributed by atoms with van der Waals surface area (Å²) in [6.45, 7) is 11.2. The molecule has 0 bridgehead atoms. The van der Waals surface area contributed by atoms with E-state index in [4.69, 9.17) is 0 Å². The van der Waals surface area contributed by atoms with E-state index < -0.39 is 22.4 Å². The minimum Gasteiger partial charge on any atom is -0.170 e. The van der Waals surface area contributed by atoms with E-state index >= 15 is 0 Å². The topological polar surface area (TPSA) is 0 Å². The Bertz CT molecular complexity index is 164. The molecule has 0 aliphatic rings. The molecule has 0 aliphatic carbocycles. The molecule has 0 saturated heterocycles. The first-order valence-corrected chi connectivity index (χ1v) is 4.82. The summed E-state index contributed by atoms with van der Waals surface area (Å²) in [4.78, 5) is 0. The SMILES string of the molecule is CC(C)(C)C(C)(C(C)(C)C)C(F)(F)F. The average molecular weight is 210 g/mol. The summed E-state index contributed by atoms with van der Waals surface area (Å²) in [7, 11) is 0. The lowest BCUT2D eigenvalue weighted by Gasteiger charge is -2.51. The Hall–Kier alpha value is -0.210. The molecule has 0 heterocycles. The van der Waals surface area contributed by atoms with Crippen molar-refractivity contribution in [2.45, 2.75) is 54.6 Å². The molecule has 0 nitrogen and oxygen atoms in total. The van der Waals surface area contributed by atoms with Crippen molar-refractivity contribution in [3.63, 3.8) is 0 Å². The maximum absolute atomic E-state index is 13.1. The summed E-state index contributed by atoms with van der Waals surface area (Å²) >= 11 is 0. The highest BCUT2D eigenvalue weighted by molar-refractivity contribution is 5.00. The van der Waals surface area contributed by atoms with Gasteiger partial charge in [0.25, 0.3) is 0 Å². The Kier molecular flexibility index (Phi) is 3.09. The first kappa shape index (κ1) is 13.8. The molecule has 0 radical (unpaired) electrons. The first-order valence-electron chi connectivity index (χ1n) is 4.82. The number of alkyl halides is 3. The maximum atomic E-state index is 13.1. The molecule has 0 aromatic carbocycles. The van der Waals surface area contributed by atoms with Gasteiger partial charge in [0.1, 0.15) is 0 Å². The zero-order valence-corrected chi connectivity index (χ0v) is 10.1. The van der Waals surface area contributed by atoms with Gasteiger partial charge >= 0.3 is 6.18 Å². The largest absolute Gasteiger partial charge is 0.395 e. The molecule has 0 aromatic rings. The number of halogens is 3. The third-order valence-corrected chi connectivity index (χ3v) is 3.57. The Morgan fingerprint density at radius 3 is 0.786 bits per heavy atom. The molecule has 0 aliphatic heterocycles. The second-order valence-corrected chi connectivity index (χ2v) is 6.12. The van der Waals surface area contributed by atoms with Gasteiger partial charge in [0.2, 0.25) is 0 Å². The van der Waals surface area contributed by atoms with Crippen LogP contribution in [0.25, 0.3) is 0 Å². The van der Waals surface area contributed by atoms with Crippen molar-refractivity contribution in [1.29, 1.82) is 0 Å². The number of hydrogen-bond donors (Lipinski definition) is 0. The van der Waals surface area contributed by atoms with Crippen LogP contribution < -0.4 is 0 Å². The molecule has 0 aromatic heterocycles. The van der Waals surface area contributed by atoms with Gasteiger partial charge in [-0.2, -0.15) is 13.2 Å². The minimum atomic E-state index is -4.18. The lowest BCUT2D eigenvalue weighted by atomic mass is 9.54. The van der Waals surface area contributed by atoms with E-state index in [-0.39, 0.29) is 0 Å². The van der Waals surface area contributed by atoms with Crippen LogP contribution in [0, 0.1) is 16.2 Å². The highest BCUT2D eigenvalue weighted by atomic mass is 19.4. The zero-order chi connectivity index (χ0) is 12.0. The van der Waals surface area contributed by atoms with Gasteiger partial charge in [-0.3, -0.25) is 0 Å². The second-order valence-electron chi connectivity index (χ2n) is 6.12. The molecule has 0 fully saturated rings. The highest BCUT2D eigenvalue weighted by Gasteiger charge is 2.63. The summed E-state index contributed by atoms with van der Waals surface area (Å²) in [5.74, 6) is 0. The number of rotatable bonds is 0. The van der Waals surface area contributed by atoms with Gasteiger partial charge in [-0.25, -0.2) is 0 Å². The van der Waals surface area contributed by atoms with Crippen LogP contribution in [0.1, 0.15) is 48.5 Å². The van der Waals surface area contributed by atoms with Gasteiger partial charge in [0.05, 0.1) is 5.41 Å². The molecule has 0 amide bonds. The Labute approximate surface area is 84.9 Å². The Balaban J connectivity index is 5.54. The fourth-order valence-electron chi connectivity index (χ4n) is 1.98. The van der Waals surface area contributed by atoms with Crippen LogP contribution >= 0.6 is 0 Å². The first-order chi connectivity index (χ1) is 5.75. The van der Waals surface area contributed by atoms with Gasteiger partial charge in [-0.15, -0.1) is 0 Å². The standard InChI is InChI=1S/C11H21F3/c1-8(2,3)10(7,9(4,5)6)11(12,13)14/h1-7H3. The van der Waals surface area contributed by atoms with Crippen molar-refractivity contribution in [1.82, 2.24) is 0 Å². The van der Waals surface area contributed by atoms with Gasteiger partial charge in [-0.05, 0) is 17.8 Å². The van der Waals surface area contributed by atoms with E-state index in [0.717, 1.165) is 0 Å². The fourth-order valence-corrected chi connectivity index (χ4v) is 1.98. The van der Waals surface area contributed by atoms with Crippen molar-refractivity contribution >= 4 is 0 Å². The molecule has 86 valence electrons. The smallest absolute Gasteiger partial charge is 0.170 e. The van der Waals surface area contributed by atoms with Crippen LogP contribution in [0.2, 0.25) is 0 Å². The van der Waals surface area contributed by atoms with Crippen molar-refractivity contribution in [3.8, 4) is 0 Å². The third-order valence-electron chi connectivity index (χ3n) is 3.57. The predicted octanol–water partition coefficient (Wildman–Crippen LogP) is 4.65. The molecule has 0 unspecified atom stereocenters. The van der Waals surface area contributed by atoms with Crippen molar-refractivity contribution in [2.24, 2.45) is 16.2 Å². The van der Waals surface area contributed by atoms with Crippen LogP contribution in [0.15, 0.2) is 0 Å². The number of hydrogen-bond acceptors (Lipinski definition) is 0. The molecule has 14 heavy (non-hydrogen) atoms. The van der Waals surface area contributed by atoms with Crippen LogP contribution in [-0.2, 0) is 0 Å². The quantitative estimate of drug-likeness (QED) is 0.546. The molecule has 0 spiro atoms. The van der Waals surface area contributed by atoms with Crippen LogP contribution in [0.4, 0.5) is 13.2 Å². The molecule has 0 rings (SSSR count). The zero-order valence-electron chi connectivity index (χ0n) is 10.1. The molecule has 0 N–H and O–H groups in total. The Morgan fingerprint density at radius 2 is 0.786 bits per heavy atom. The van der Waals surface area contributed by atoms with Gasteiger partial charge in [0.15, 0.2) is 0 Å². The normalized spacial score (nSPS) is 15.9. The predicted molar refractivity (Wildman–Crippen MR) is 53.1 cm³/mol. The molecular weight excluding hydrogens is 189 g/mol. The van der Waals surface area contributed by atoms with Crippen molar-refractivity contribution < 1.29 is 13.2 Å². The minimum absolute atomic E-state index is 0.802. The van der Waals surface area contributed by atoms with E-state index in [1.165, 1.54) is 6.92 Å². The van der Waals surface area contributed by atoms with Gasteiger partial charge < -0.3 is 0 Å². The summed E-state index contributed by atoms with van der Waals surface area (Å²) in [5.41, 5.74) is -3.29. The Morgan fingerprint density at radius 1 is 0.571 bits per heavy atom. The van der Waals surface area contributed by atoms with E-state index in [2.05, 4.69) is 0 Å². The molecule has 0 saturated carbocycles. The van der Waals surface area contributed by atoms with E-state index in [1.54, 1.807) is 41.5 Å². The summed E-state index contributed by atoms with van der Waals surface area (Å²) < 4.78 is 39.3. The maximum Gasteiger partial charge on any atom is 0.395 e. The lowest BCUT2D eigenvalue weighted by Crippen LogP contribution is -2.54. The summed E-state index contributed by atoms with van der Waals surface area (Å²) in [5, 5.41) is 0. The van der Waals surface area contributed by atoms with Gasteiger partial charge in [-0.1, -0.05) is 41.5 Å². The second kappa shape index (κ2) is 3.14. The van der Waals surface area contributed by atoms with Crippen LogP contribution in [-0.4, -0.2) is 6.18 Å². The van der Waals surface area contributed by atoms with Crippen LogP contribution in [0.5, 0.6) is 0 Å². The highest BCUT2D eigenvalue weighted by Crippen LogP contribution is 2.60. The molecule has 0 atom stereocenters. The lowest BCUT2D eigenvalue weighted by molar-refractivity contribution is -0.286. The summed E-state index contributed by atoms with van der Waals surface area (Å²) in [6.07, 6.45) is -4.18. The fraction of sp³-hybridized carbons (Fsp3) is 1.00. The van der Waals surface area contributed by atoms with Gasteiger partial charge in [0, 0.05) is 0 Å². The summed E-state index contributed by atoms with van der Waals surface area (Å²) in [6, 6.07) is 0. The average Bonchev–Trinajstić information content (AvgIpc) is 1.77. The van der Waals surface area contributed by atoms with E-state index in [9.17, 15) is 13.2 Å². The monoisotopic (exact) mass is 210 g/mol. The van der Waals surface area contributed by atoms with E-state index in [0.29, 0.717) is 0 Å². The van der Waals surface area contributed by atoms with Crippen LogP contribution in [0.3, 0.4) is 0 Å². The molecular formula is C11H21F3. The molecule has 3 heteroatoms. The third kappa shape index (κ3) is 1.91. The van der Waals surface area contributed by atoms with Crippen molar-refractivity contribution in [2.75, 3.05) is 0 Å².